The number of aromatic nitrogens is 1. The van der Waals surface area contributed by atoms with Gasteiger partial charge in [-0.3, -0.25) is 14.4 Å². The van der Waals surface area contributed by atoms with E-state index >= 15 is 4.39 Å². The van der Waals surface area contributed by atoms with Crippen molar-refractivity contribution in [2.75, 3.05) is 11.9 Å². The molecule has 0 atom stereocenters. The Hall–Kier alpha value is -4.27. The second kappa shape index (κ2) is 9.77. The summed E-state index contributed by atoms with van der Waals surface area (Å²) in [6.07, 6.45) is 2.12. The quantitative estimate of drug-likeness (QED) is 0.340. The van der Waals surface area contributed by atoms with E-state index < -0.39 is 29.4 Å². The summed E-state index contributed by atoms with van der Waals surface area (Å²) < 4.78 is 28.1. The van der Waals surface area contributed by atoms with Gasteiger partial charge in [-0.1, -0.05) is 18.7 Å². The summed E-state index contributed by atoms with van der Waals surface area (Å²) in [5.41, 5.74) is 9.37. The molecule has 7 nitrogen and oxygen atoms in total. The predicted molar refractivity (Wildman–Crippen MR) is 134 cm³/mol. The molecule has 3 aromatic rings. The van der Waals surface area contributed by atoms with Crippen LogP contribution < -0.4 is 16.4 Å². The monoisotopic (exact) mass is 492 g/mol. The van der Waals surface area contributed by atoms with Crippen LogP contribution in [0.15, 0.2) is 48.8 Å². The first-order chi connectivity index (χ1) is 17.1. The van der Waals surface area contributed by atoms with Gasteiger partial charge in [0, 0.05) is 29.1 Å². The van der Waals surface area contributed by atoms with Crippen molar-refractivity contribution < 1.29 is 23.2 Å². The third-order valence-electron chi connectivity index (χ3n) is 6.18. The zero-order valence-electron chi connectivity index (χ0n) is 19.9. The molecule has 2 aromatic carbocycles. The lowest BCUT2D eigenvalue weighted by Crippen LogP contribution is -2.26. The lowest BCUT2D eigenvalue weighted by molar-refractivity contribution is -0.114. The molecule has 0 bridgehead atoms. The Bertz CT molecular complexity index is 1410. The zero-order valence-corrected chi connectivity index (χ0v) is 19.9. The van der Waals surface area contributed by atoms with Crippen LogP contribution in [0.3, 0.4) is 0 Å². The van der Waals surface area contributed by atoms with Crippen molar-refractivity contribution in [2.45, 2.75) is 26.7 Å². The molecule has 0 saturated heterocycles. The lowest BCUT2D eigenvalue weighted by atomic mass is 9.91. The van der Waals surface area contributed by atoms with E-state index in [1.54, 1.807) is 38.1 Å². The van der Waals surface area contributed by atoms with Gasteiger partial charge in [0.25, 0.3) is 17.7 Å². The summed E-state index contributed by atoms with van der Waals surface area (Å²) in [6.45, 7) is 7.03. The molecule has 36 heavy (non-hydrogen) atoms. The van der Waals surface area contributed by atoms with E-state index in [4.69, 9.17) is 5.73 Å². The van der Waals surface area contributed by atoms with Crippen LogP contribution in [0.1, 0.15) is 44.9 Å². The molecular formula is C27H26F2N4O3. The molecule has 9 heteroatoms. The van der Waals surface area contributed by atoms with E-state index in [0.29, 0.717) is 51.7 Å². The molecule has 186 valence electrons. The van der Waals surface area contributed by atoms with Crippen molar-refractivity contribution in [2.24, 2.45) is 11.7 Å². The molecule has 0 aliphatic heterocycles. The molecule has 1 aliphatic carbocycles. The topological polar surface area (TPSA) is 117 Å². The number of aromatic amines is 1. The van der Waals surface area contributed by atoms with E-state index in [0.717, 1.165) is 12.8 Å². The van der Waals surface area contributed by atoms with Gasteiger partial charge in [0.15, 0.2) is 5.83 Å². The number of halogens is 2. The van der Waals surface area contributed by atoms with Gasteiger partial charge in [0.2, 0.25) is 0 Å². The van der Waals surface area contributed by atoms with Crippen LogP contribution in [0, 0.1) is 25.6 Å². The summed E-state index contributed by atoms with van der Waals surface area (Å²) in [5, 5.41) is 5.15. The van der Waals surface area contributed by atoms with Crippen LogP contribution in [0.25, 0.3) is 22.3 Å². The van der Waals surface area contributed by atoms with Crippen LogP contribution in [-0.2, 0) is 4.79 Å². The Morgan fingerprint density at radius 2 is 1.83 bits per heavy atom. The standard InChI is InChI=1S/C27H26F2N4O3/c1-13-10-18(33-26(35)14(2)28)7-9-19(13)22-15(3)32-24(25(30)34)23(22)17-6-8-20(21(29)11-17)27(36)31-12-16-4-5-16/h6-11,16,32H,2,4-5,12H2,1,3H3,(H2,30,34)(H,31,36)(H,33,35). The molecule has 1 heterocycles. The SMILES string of the molecule is C=C(F)C(=O)Nc1ccc(-c2c(C)[nH]c(C(N)=O)c2-c2ccc(C(=O)NCC3CC3)c(F)c2)c(C)c1. The third kappa shape index (κ3) is 5.05. The van der Waals surface area contributed by atoms with Crippen molar-refractivity contribution in [1.82, 2.24) is 10.3 Å². The Labute approximate surface area is 206 Å². The number of anilines is 1. The third-order valence-corrected chi connectivity index (χ3v) is 6.18. The number of hydrogen-bond acceptors (Lipinski definition) is 3. The maximum absolute atomic E-state index is 15.1. The number of primary amides is 1. The summed E-state index contributed by atoms with van der Waals surface area (Å²) in [6, 6.07) is 9.10. The van der Waals surface area contributed by atoms with Gasteiger partial charge in [-0.15, -0.1) is 0 Å². The van der Waals surface area contributed by atoms with Crippen molar-refractivity contribution in [3.63, 3.8) is 0 Å². The predicted octanol–water partition coefficient (Wildman–Crippen LogP) is 4.77. The van der Waals surface area contributed by atoms with Crippen molar-refractivity contribution in [3.8, 4) is 22.3 Å². The van der Waals surface area contributed by atoms with Crippen LogP contribution in [0.4, 0.5) is 14.5 Å². The number of carbonyl (C=O) groups is 3. The van der Waals surface area contributed by atoms with Gasteiger partial charge < -0.3 is 21.4 Å². The highest BCUT2D eigenvalue weighted by Crippen LogP contribution is 2.40. The van der Waals surface area contributed by atoms with E-state index in [-0.39, 0.29) is 11.3 Å². The largest absolute Gasteiger partial charge is 0.364 e. The van der Waals surface area contributed by atoms with Crippen LogP contribution in [0.5, 0.6) is 0 Å². The Kier molecular flexibility index (Phi) is 6.74. The van der Waals surface area contributed by atoms with Gasteiger partial charge in [-0.05, 0) is 73.6 Å². The second-order valence-electron chi connectivity index (χ2n) is 8.98. The fourth-order valence-electron chi connectivity index (χ4n) is 4.16. The average molecular weight is 493 g/mol. The van der Waals surface area contributed by atoms with Crippen LogP contribution in [-0.4, -0.2) is 29.3 Å². The first kappa shape index (κ1) is 24.8. The summed E-state index contributed by atoms with van der Waals surface area (Å²) in [5.74, 6) is -3.54. The smallest absolute Gasteiger partial charge is 0.283 e. The Balaban J connectivity index is 1.75. The molecule has 1 aliphatic rings. The van der Waals surface area contributed by atoms with E-state index in [1.165, 1.54) is 12.1 Å². The molecule has 1 saturated carbocycles. The number of hydrogen-bond donors (Lipinski definition) is 4. The number of aryl methyl sites for hydroxylation is 2. The first-order valence-corrected chi connectivity index (χ1v) is 11.4. The number of carbonyl (C=O) groups excluding carboxylic acids is 3. The number of H-pyrrole nitrogens is 1. The van der Waals surface area contributed by atoms with E-state index in [1.807, 2.05) is 0 Å². The first-order valence-electron chi connectivity index (χ1n) is 11.4. The summed E-state index contributed by atoms with van der Waals surface area (Å²) in [4.78, 5) is 39.3. The fraction of sp³-hybridized carbons (Fsp3) is 0.222. The number of amides is 3. The number of nitrogens with two attached hydrogens (primary N) is 1. The highest BCUT2D eigenvalue weighted by molar-refractivity contribution is 6.05. The van der Waals surface area contributed by atoms with E-state index in [2.05, 4.69) is 22.2 Å². The normalized spacial score (nSPS) is 12.8. The molecule has 1 fully saturated rings. The molecule has 0 radical (unpaired) electrons. The fourth-order valence-corrected chi connectivity index (χ4v) is 4.16. The molecule has 4 rings (SSSR count). The zero-order chi connectivity index (χ0) is 26.1. The Morgan fingerprint density at radius 1 is 1.11 bits per heavy atom. The summed E-state index contributed by atoms with van der Waals surface area (Å²) in [7, 11) is 0. The van der Waals surface area contributed by atoms with Crippen molar-refractivity contribution in [3.05, 3.63) is 77.1 Å². The minimum absolute atomic E-state index is 0.0837. The molecule has 0 spiro atoms. The minimum atomic E-state index is -1.11. The van der Waals surface area contributed by atoms with Crippen LogP contribution >= 0.6 is 0 Å². The van der Waals surface area contributed by atoms with Gasteiger partial charge in [0.1, 0.15) is 11.5 Å². The lowest BCUT2D eigenvalue weighted by Gasteiger charge is -2.13. The number of nitrogens with one attached hydrogen (secondary N) is 3. The molecule has 0 unspecified atom stereocenters. The molecule has 1 aromatic heterocycles. The Morgan fingerprint density at radius 3 is 2.42 bits per heavy atom. The molecule has 3 amide bonds. The maximum Gasteiger partial charge on any atom is 0.283 e. The minimum Gasteiger partial charge on any atom is -0.364 e. The van der Waals surface area contributed by atoms with Gasteiger partial charge in [0.05, 0.1) is 5.56 Å². The van der Waals surface area contributed by atoms with Gasteiger partial charge >= 0.3 is 0 Å². The molecule has 5 N–H and O–H groups in total. The van der Waals surface area contributed by atoms with Gasteiger partial charge in [-0.25, -0.2) is 8.78 Å². The van der Waals surface area contributed by atoms with Crippen molar-refractivity contribution >= 4 is 23.4 Å². The average Bonchev–Trinajstić information content (AvgIpc) is 3.58. The van der Waals surface area contributed by atoms with Gasteiger partial charge in [-0.2, -0.15) is 0 Å². The van der Waals surface area contributed by atoms with E-state index in [9.17, 15) is 18.8 Å². The second-order valence-corrected chi connectivity index (χ2v) is 8.98. The summed E-state index contributed by atoms with van der Waals surface area (Å²) >= 11 is 0. The maximum atomic E-state index is 15.1. The number of benzene rings is 2. The van der Waals surface area contributed by atoms with Crippen LogP contribution in [0.2, 0.25) is 0 Å². The highest BCUT2D eigenvalue weighted by Gasteiger charge is 2.25. The molecular weight excluding hydrogens is 466 g/mol. The van der Waals surface area contributed by atoms with Crippen molar-refractivity contribution in [1.29, 1.82) is 0 Å². The highest BCUT2D eigenvalue weighted by atomic mass is 19.1. The number of rotatable bonds is 8.